The molecule has 0 unspecified atom stereocenters. The average Bonchev–Trinajstić information content (AvgIpc) is 2.71. The summed E-state index contributed by atoms with van der Waals surface area (Å²) in [5, 5.41) is 3.25. The number of hydrogen-bond acceptors (Lipinski definition) is 2. The first-order valence-corrected chi connectivity index (χ1v) is 5.80. The first-order valence-electron chi connectivity index (χ1n) is 5.80. The van der Waals surface area contributed by atoms with Crippen LogP contribution in [0, 0.1) is 6.92 Å². The molecular formula is C13H20N2. The van der Waals surface area contributed by atoms with E-state index in [4.69, 9.17) is 0 Å². The Bertz CT molecular complexity index is 327. The molecule has 1 aliphatic heterocycles. The molecule has 1 aromatic carbocycles. The summed E-state index contributed by atoms with van der Waals surface area (Å²) in [6.45, 7) is 5.57. The van der Waals surface area contributed by atoms with E-state index in [-0.39, 0.29) is 0 Å². The third kappa shape index (κ3) is 2.32. The van der Waals surface area contributed by atoms with Gasteiger partial charge in [-0.15, -0.1) is 0 Å². The molecule has 0 aliphatic carbocycles. The van der Waals surface area contributed by atoms with Gasteiger partial charge in [0.25, 0.3) is 0 Å². The summed E-state index contributed by atoms with van der Waals surface area (Å²) in [6.07, 6.45) is 2.68. The van der Waals surface area contributed by atoms with Crippen LogP contribution >= 0.6 is 0 Å². The Morgan fingerprint density at radius 1 is 1.27 bits per heavy atom. The molecule has 0 bridgehead atoms. The molecule has 0 atom stereocenters. The minimum absolute atomic E-state index is 0.966. The number of nitrogens with zero attached hydrogens (tertiary/aromatic N) is 1. The van der Waals surface area contributed by atoms with Gasteiger partial charge < -0.3 is 10.2 Å². The quantitative estimate of drug-likeness (QED) is 0.813. The van der Waals surface area contributed by atoms with Crippen molar-refractivity contribution in [2.24, 2.45) is 0 Å². The standard InChI is InChI=1S/C13H20N2/c1-11-5-6-13(12(9-11)10-14-2)15-7-3-4-8-15/h5-6,9,14H,3-4,7-8,10H2,1-2H3. The van der Waals surface area contributed by atoms with Gasteiger partial charge in [-0.3, -0.25) is 0 Å². The molecule has 1 N–H and O–H groups in total. The Kier molecular flexibility index (Phi) is 3.27. The Morgan fingerprint density at radius 2 is 2.00 bits per heavy atom. The molecule has 1 saturated heterocycles. The lowest BCUT2D eigenvalue weighted by atomic mass is 10.1. The van der Waals surface area contributed by atoms with Gasteiger partial charge in [0.15, 0.2) is 0 Å². The van der Waals surface area contributed by atoms with E-state index in [0.717, 1.165) is 6.54 Å². The minimum atomic E-state index is 0.966. The molecule has 0 radical (unpaired) electrons. The molecule has 0 saturated carbocycles. The second-order valence-electron chi connectivity index (χ2n) is 4.36. The van der Waals surface area contributed by atoms with Crippen molar-refractivity contribution in [3.63, 3.8) is 0 Å². The maximum absolute atomic E-state index is 3.25. The van der Waals surface area contributed by atoms with E-state index in [1.54, 1.807) is 0 Å². The monoisotopic (exact) mass is 204 g/mol. The average molecular weight is 204 g/mol. The third-order valence-electron chi connectivity index (χ3n) is 3.05. The van der Waals surface area contributed by atoms with Gasteiger partial charge in [0.2, 0.25) is 0 Å². The van der Waals surface area contributed by atoms with Crippen molar-refractivity contribution in [1.29, 1.82) is 0 Å². The van der Waals surface area contributed by atoms with E-state index >= 15 is 0 Å². The first kappa shape index (κ1) is 10.5. The maximum atomic E-state index is 3.25. The summed E-state index contributed by atoms with van der Waals surface area (Å²) < 4.78 is 0. The van der Waals surface area contributed by atoms with Crippen LogP contribution in [0.15, 0.2) is 18.2 Å². The Morgan fingerprint density at radius 3 is 2.67 bits per heavy atom. The van der Waals surface area contributed by atoms with Gasteiger partial charge in [0.1, 0.15) is 0 Å². The highest BCUT2D eigenvalue weighted by atomic mass is 15.1. The number of aryl methyl sites for hydroxylation is 1. The Labute approximate surface area is 92.3 Å². The molecule has 0 spiro atoms. The summed E-state index contributed by atoms with van der Waals surface area (Å²) in [5.74, 6) is 0. The second-order valence-corrected chi connectivity index (χ2v) is 4.36. The predicted molar refractivity (Wildman–Crippen MR) is 65.4 cm³/mol. The SMILES string of the molecule is CNCc1cc(C)ccc1N1CCCC1. The van der Waals surface area contributed by atoms with Crippen molar-refractivity contribution < 1.29 is 0 Å². The van der Waals surface area contributed by atoms with Crippen LogP contribution in [0.3, 0.4) is 0 Å². The van der Waals surface area contributed by atoms with Gasteiger partial charge >= 0.3 is 0 Å². The van der Waals surface area contributed by atoms with Crippen molar-refractivity contribution in [2.45, 2.75) is 26.3 Å². The van der Waals surface area contributed by atoms with Crippen LogP contribution in [0.4, 0.5) is 5.69 Å². The fourth-order valence-electron chi connectivity index (χ4n) is 2.31. The molecule has 1 fully saturated rings. The molecule has 1 aliphatic rings. The molecule has 0 amide bonds. The van der Waals surface area contributed by atoms with Crippen LogP contribution in [0.2, 0.25) is 0 Å². The third-order valence-corrected chi connectivity index (χ3v) is 3.05. The Balaban J connectivity index is 2.27. The molecule has 1 aromatic rings. The fourth-order valence-corrected chi connectivity index (χ4v) is 2.31. The highest BCUT2D eigenvalue weighted by Gasteiger charge is 2.15. The zero-order valence-electron chi connectivity index (χ0n) is 9.71. The summed E-state index contributed by atoms with van der Waals surface area (Å²) in [5.41, 5.74) is 4.20. The molecule has 2 rings (SSSR count). The zero-order valence-corrected chi connectivity index (χ0v) is 9.71. The molecule has 0 aromatic heterocycles. The van der Waals surface area contributed by atoms with Crippen molar-refractivity contribution in [3.05, 3.63) is 29.3 Å². The van der Waals surface area contributed by atoms with E-state index < -0.39 is 0 Å². The summed E-state index contributed by atoms with van der Waals surface area (Å²) >= 11 is 0. The van der Waals surface area contributed by atoms with E-state index in [9.17, 15) is 0 Å². The predicted octanol–water partition coefficient (Wildman–Crippen LogP) is 2.31. The lowest BCUT2D eigenvalue weighted by Gasteiger charge is -2.21. The summed E-state index contributed by atoms with van der Waals surface area (Å²) in [4.78, 5) is 2.51. The van der Waals surface area contributed by atoms with Crippen molar-refractivity contribution in [3.8, 4) is 0 Å². The van der Waals surface area contributed by atoms with Crippen molar-refractivity contribution in [2.75, 3.05) is 25.0 Å². The topological polar surface area (TPSA) is 15.3 Å². The van der Waals surface area contributed by atoms with Crippen LogP contribution in [-0.2, 0) is 6.54 Å². The minimum Gasteiger partial charge on any atom is -0.371 e. The lowest BCUT2D eigenvalue weighted by Crippen LogP contribution is -2.20. The van der Waals surface area contributed by atoms with Gasteiger partial charge in [-0.1, -0.05) is 17.7 Å². The van der Waals surface area contributed by atoms with Gasteiger partial charge in [0, 0.05) is 25.3 Å². The smallest absolute Gasteiger partial charge is 0.0412 e. The highest BCUT2D eigenvalue weighted by Crippen LogP contribution is 2.25. The second kappa shape index (κ2) is 4.67. The Hall–Kier alpha value is -1.02. The van der Waals surface area contributed by atoms with E-state index in [2.05, 4.69) is 35.3 Å². The molecular weight excluding hydrogens is 184 g/mol. The van der Waals surface area contributed by atoms with Gasteiger partial charge in [-0.2, -0.15) is 0 Å². The van der Waals surface area contributed by atoms with Gasteiger partial charge in [-0.25, -0.2) is 0 Å². The largest absolute Gasteiger partial charge is 0.371 e. The van der Waals surface area contributed by atoms with E-state index in [1.807, 2.05) is 7.05 Å². The summed E-state index contributed by atoms with van der Waals surface area (Å²) in [7, 11) is 2.01. The summed E-state index contributed by atoms with van der Waals surface area (Å²) in [6, 6.07) is 6.78. The normalized spacial score (nSPS) is 16.0. The number of benzene rings is 1. The van der Waals surface area contributed by atoms with Crippen LogP contribution in [-0.4, -0.2) is 20.1 Å². The lowest BCUT2D eigenvalue weighted by molar-refractivity contribution is 0.807. The number of anilines is 1. The van der Waals surface area contributed by atoms with Crippen molar-refractivity contribution in [1.82, 2.24) is 5.32 Å². The van der Waals surface area contributed by atoms with Crippen LogP contribution in [0.25, 0.3) is 0 Å². The molecule has 2 heteroatoms. The van der Waals surface area contributed by atoms with E-state index in [1.165, 1.54) is 42.7 Å². The number of rotatable bonds is 3. The van der Waals surface area contributed by atoms with Crippen LogP contribution < -0.4 is 10.2 Å². The first-order chi connectivity index (χ1) is 7.31. The molecule has 15 heavy (non-hydrogen) atoms. The van der Waals surface area contributed by atoms with Gasteiger partial charge in [-0.05, 0) is 38.4 Å². The van der Waals surface area contributed by atoms with E-state index in [0.29, 0.717) is 0 Å². The molecule has 82 valence electrons. The maximum Gasteiger partial charge on any atom is 0.0412 e. The fraction of sp³-hybridized carbons (Fsp3) is 0.538. The number of nitrogens with one attached hydrogen (secondary N) is 1. The van der Waals surface area contributed by atoms with Gasteiger partial charge in [0.05, 0.1) is 0 Å². The van der Waals surface area contributed by atoms with Crippen LogP contribution in [0.1, 0.15) is 24.0 Å². The molecule has 1 heterocycles. The van der Waals surface area contributed by atoms with Crippen molar-refractivity contribution >= 4 is 5.69 Å². The molecule has 2 nitrogen and oxygen atoms in total. The number of hydrogen-bond donors (Lipinski definition) is 1. The zero-order chi connectivity index (χ0) is 10.7. The van der Waals surface area contributed by atoms with Crippen LogP contribution in [0.5, 0.6) is 0 Å². The highest BCUT2D eigenvalue weighted by molar-refractivity contribution is 5.55.